The number of nitrogens with zero attached hydrogens (tertiary/aromatic N) is 1. The van der Waals surface area contributed by atoms with Crippen LogP contribution in [-0.4, -0.2) is 31.3 Å². The average Bonchev–Trinajstić information content (AvgIpc) is 3.24. The number of aromatic amines is 1. The zero-order chi connectivity index (χ0) is 24.0. The second kappa shape index (κ2) is 9.08. The Morgan fingerprint density at radius 2 is 1.55 bits per heavy atom. The van der Waals surface area contributed by atoms with Gasteiger partial charge in [0.05, 0.1) is 27.5 Å². The lowest BCUT2D eigenvalue weighted by Crippen LogP contribution is -2.13. The van der Waals surface area contributed by atoms with Gasteiger partial charge < -0.3 is 15.2 Å². The van der Waals surface area contributed by atoms with Crippen LogP contribution in [0.25, 0.3) is 5.69 Å². The Kier molecular flexibility index (Phi) is 6.53. The second-order valence-corrected chi connectivity index (χ2v) is 9.25. The lowest BCUT2D eigenvalue weighted by molar-refractivity contribution is 0.101. The molecule has 0 fully saturated rings. The molecule has 0 unspecified atom stereocenters. The molecule has 0 saturated carbocycles. The summed E-state index contributed by atoms with van der Waals surface area (Å²) in [5, 5.41) is 20.1. The van der Waals surface area contributed by atoms with Gasteiger partial charge in [-0.25, -0.2) is 0 Å². The third kappa shape index (κ3) is 4.16. The third-order valence-electron chi connectivity index (χ3n) is 4.81. The SMILES string of the molecule is O=C(c1ccccc1O)c1[nH]c(Cl)c(Cl)c1-n1c(C(=O)c2cc(Br)ccc2O)cc(Cl)c1Cl. The summed E-state index contributed by atoms with van der Waals surface area (Å²) < 4.78 is 1.72. The molecule has 0 aliphatic rings. The number of carbonyl (C=O) groups is 2. The van der Waals surface area contributed by atoms with Crippen molar-refractivity contribution in [2.24, 2.45) is 0 Å². The molecule has 11 heteroatoms. The number of carbonyl (C=O) groups excluding carboxylic acids is 2. The highest BCUT2D eigenvalue weighted by Gasteiger charge is 2.30. The third-order valence-corrected chi connectivity index (χ3v) is 6.80. The maximum atomic E-state index is 13.4. The van der Waals surface area contributed by atoms with E-state index in [1.54, 1.807) is 18.2 Å². The monoisotopic (exact) mass is 586 g/mol. The first-order valence-corrected chi connectivity index (χ1v) is 11.4. The number of hydrogen-bond acceptors (Lipinski definition) is 4. The van der Waals surface area contributed by atoms with Gasteiger partial charge in [0.1, 0.15) is 32.5 Å². The van der Waals surface area contributed by atoms with Crippen molar-refractivity contribution in [3.8, 4) is 17.2 Å². The van der Waals surface area contributed by atoms with Gasteiger partial charge in [0.25, 0.3) is 0 Å². The first kappa shape index (κ1) is 23.7. The maximum absolute atomic E-state index is 13.4. The fourth-order valence-electron chi connectivity index (χ4n) is 3.28. The number of benzene rings is 2. The first-order chi connectivity index (χ1) is 15.6. The molecule has 3 N–H and O–H groups in total. The Morgan fingerprint density at radius 1 is 0.879 bits per heavy atom. The minimum Gasteiger partial charge on any atom is -0.507 e. The van der Waals surface area contributed by atoms with Crippen LogP contribution in [0.15, 0.2) is 53.0 Å². The largest absolute Gasteiger partial charge is 0.507 e. The summed E-state index contributed by atoms with van der Waals surface area (Å²) in [6.45, 7) is 0. The fourth-order valence-corrected chi connectivity index (χ4v) is 4.47. The number of ketones is 2. The summed E-state index contributed by atoms with van der Waals surface area (Å²) in [5.41, 5.74) is -0.317. The molecule has 4 rings (SSSR count). The quantitative estimate of drug-likeness (QED) is 0.218. The van der Waals surface area contributed by atoms with Gasteiger partial charge in [0.15, 0.2) is 0 Å². The van der Waals surface area contributed by atoms with Crippen LogP contribution in [0.1, 0.15) is 32.1 Å². The molecule has 2 heterocycles. The van der Waals surface area contributed by atoms with E-state index < -0.39 is 11.6 Å². The first-order valence-electron chi connectivity index (χ1n) is 9.11. The molecule has 0 atom stereocenters. The Morgan fingerprint density at radius 3 is 2.24 bits per heavy atom. The van der Waals surface area contributed by atoms with Crippen LogP contribution in [0.4, 0.5) is 0 Å². The van der Waals surface area contributed by atoms with E-state index in [2.05, 4.69) is 20.9 Å². The van der Waals surface area contributed by atoms with Crippen LogP contribution in [0.2, 0.25) is 20.4 Å². The number of aromatic hydroxyl groups is 2. The van der Waals surface area contributed by atoms with E-state index in [1.165, 1.54) is 34.9 Å². The number of para-hydroxylation sites is 1. The van der Waals surface area contributed by atoms with Crippen LogP contribution < -0.4 is 0 Å². The molecule has 6 nitrogen and oxygen atoms in total. The normalized spacial score (nSPS) is 11.1. The van der Waals surface area contributed by atoms with E-state index in [-0.39, 0.29) is 60.1 Å². The Balaban J connectivity index is 1.97. The van der Waals surface area contributed by atoms with Crippen LogP contribution in [-0.2, 0) is 0 Å². The summed E-state index contributed by atoms with van der Waals surface area (Å²) in [4.78, 5) is 29.3. The number of aromatic nitrogens is 2. The average molecular weight is 589 g/mol. The zero-order valence-corrected chi connectivity index (χ0v) is 20.8. The molecular formula is C22H11BrCl4N2O4. The van der Waals surface area contributed by atoms with Gasteiger partial charge in [0, 0.05) is 4.47 Å². The predicted octanol–water partition coefficient (Wildman–Crippen LogP) is 7.05. The van der Waals surface area contributed by atoms with Crippen molar-refractivity contribution in [2.75, 3.05) is 0 Å². The van der Waals surface area contributed by atoms with Crippen LogP contribution in [0.3, 0.4) is 0 Å². The smallest absolute Gasteiger partial charge is 0.215 e. The molecule has 0 spiro atoms. The van der Waals surface area contributed by atoms with Gasteiger partial charge in [0.2, 0.25) is 11.6 Å². The number of nitrogens with one attached hydrogen (secondary N) is 1. The number of rotatable bonds is 5. The summed E-state index contributed by atoms with van der Waals surface area (Å²) in [6, 6.07) is 11.5. The van der Waals surface area contributed by atoms with Crippen molar-refractivity contribution in [3.05, 3.63) is 95.9 Å². The highest BCUT2D eigenvalue weighted by molar-refractivity contribution is 9.10. The zero-order valence-electron chi connectivity index (χ0n) is 16.2. The second-order valence-electron chi connectivity index (χ2n) is 6.82. The summed E-state index contributed by atoms with van der Waals surface area (Å²) in [6.07, 6.45) is 0. The molecule has 2 aromatic carbocycles. The molecule has 0 amide bonds. The molecule has 33 heavy (non-hydrogen) atoms. The lowest BCUT2D eigenvalue weighted by Gasteiger charge is -2.13. The van der Waals surface area contributed by atoms with E-state index in [9.17, 15) is 19.8 Å². The lowest BCUT2D eigenvalue weighted by atomic mass is 10.1. The molecule has 0 bridgehead atoms. The van der Waals surface area contributed by atoms with Crippen molar-refractivity contribution < 1.29 is 19.8 Å². The Labute approximate surface area is 215 Å². The van der Waals surface area contributed by atoms with Crippen molar-refractivity contribution >= 4 is 73.9 Å². The van der Waals surface area contributed by atoms with Gasteiger partial charge in [-0.2, -0.15) is 0 Å². The van der Waals surface area contributed by atoms with Gasteiger partial charge in [-0.15, -0.1) is 0 Å². The van der Waals surface area contributed by atoms with E-state index in [0.717, 1.165) is 0 Å². The highest BCUT2D eigenvalue weighted by Crippen LogP contribution is 2.40. The molecule has 168 valence electrons. The van der Waals surface area contributed by atoms with Crippen LogP contribution in [0, 0.1) is 0 Å². The molecule has 0 aliphatic carbocycles. The van der Waals surface area contributed by atoms with E-state index in [4.69, 9.17) is 46.4 Å². The molecular weight excluding hydrogens is 578 g/mol. The number of phenolic OH excluding ortho intramolecular Hbond substituents is 2. The van der Waals surface area contributed by atoms with Gasteiger partial charge in [-0.05, 0) is 36.4 Å². The van der Waals surface area contributed by atoms with Crippen LogP contribution in [0.5, 0.6) is 11.5 Å². The molecule has 0 saturated heterocycles. The topological polar surface area (TPSA) is 95.3 Å². The van der Waals surface area contributed by atoms with Crippen LogP contribution >= 0.6 is 62.3 Å². The Bertz CT molecular complexity index is 1440. The summed E-state index contributed by atoms with van der Waals surface area (Å²) >= 11 is 28.5. The highest BCUT2D eigenvalue weighted by atomic mass is 79.9. The van der Waals surface area contributed by atoms with Crippen molar-refractivity contribution in [1.29, 1.82) is 0 Å². The summed E-state index contributed by atoms with van der Waals surface area (Å²) in [5.74, 6) is -1.83. The number of H-pyrrole nitrogens is 1. The molecule has 0 aliphatic heterocycles. The minimum atomic E-state index is -0.651. The fraction of sp³-hybridized carbons (Fsp3) is 0. The minimum absolute atomic E-state index is 0.00356. The summed E-state index contributed by atoms with van der Waals surface area (Å²) in [7, 11) is 0. The molecule has 2 aromatic heterocycles. The number of phenols is 2. The van der Waals surface area contributed by atoms with Gasteiger partial charge in [-0.3, -0.25) is 14.2 Å². The molecule has 0 radical (unpaired) electrons. The standard InChI is InChI=1S/C22H11BrCl4N2O4/c23-9-5-6-15(31)11(7-9)19(32)13-8-12(24)22(27)29(13)18-16(25)21(26)28-17(18)20(33)10-3-1-2-4-14(10)30/h1-8,28,30-31H. The van der Waals surface area contributed by atoms with Gasteiger partial charge in [-0.1, -0.05) is 74.5 Å². The van der Waals surface area contributed by atoms with Crippen molar-refractivity contribution in [3.63, 3.8) is 0 Å². The maximum Gasteiger partial charge on any atom is 0.215 e. The van der Waals surface area contributed by atoms with Gasteiger partial charge >= 0.3 is 0 Å². The number of halogens is 5. The predicted molar refractivity (Wildman–Crippen MR) is 131 cm³/mol. The van der Waals surface area contributed by atoms with Crippen molar-refractivity contribution in [2.45, 2.75) is 0 Å². The van der Waals surface area contributed by atoms with E-state index >= 15 is 0 Å². The van der Waals surface area contributed by atoms with E-state index in [0.29, 0.717) is 4.47 Å². The number of hydrogen-bond donors (Lipinski definition) is 3. The Hall–Kier alpha value is -2.42. The van der Waals surface area contributed by atoms with E-state index in [1.807, 2.05) is 0 Å². The van der Waals surface area contributed by atoms with Crippen molar-refractivity contribution in [1.82, 2.24) is 9.55 Å². The molecule has 4 aromatic rings.